The summed E-state index contributed by atoms with van der Waals surface area (Å²) in [6.07, 6.45) is 6.09. The van der Waals surface area contributed by atoms with E-state index in [0.717, 1.165) is 48.3 Å². The largest absolute Gasteiger partial charge is 0.333 e. The van der Waals surface area contributed by atoms with Gasteiger partial charge in [0.05, 0.1) is 11.4 Å². The molecule has 0 radical (unpaired) electrons. The van der Waals surface area contributed by atoms with Gasteiger partial charge in [-0.15, -0.1) is 0 Å². The minimum absolute atomic E-state index is 0.261. The van der Waals surface area contributed by atoms with Crippen molar-refractivity contribution in [2.75, 3.05) is 10.6 Å². The van der Waals surface area contributed by atoms with Crippen LogP contribution in [0.4, 0.5) is 22.7 Å². The fourth-order valence-corrected chi connectivity index (χ4v) is 4.68. The first-order chi connectivity index (χ1) is 21.5. The van der Waals surface area contributed by atoms with E-state index in [0.29, 0.717) is 22.5 Å². The molecule has 0 spiro atoms. The highest BCUT2D eigenvalue weighted by molar-refractivity contribution is 6.07. The Bertz CT molecular complexity index is 1710. The van der Waals surface area contributed by atoms with Crippen LogP contribution < -0.4 is 21.6 Å². The molecule has 2 aromatic heterocycles. The molecule has 0 aliphatic carbocycles. The average Bonchev–Trinajstić information content (AvgIpc) is 3.05. The summed E-state index contributed by atoms with van der Waals surface area (Å²) in [6, 6.07) is 33.3. The Morgan fingerprint density at radius 1 is 0.545 bits per heavy atom. The number of benzene rings is 3. The maximum atomic E-state index is 12.9. The summed E-state index contributed by atoms with van der Waals surface area (Å²) in [5.41, 5.74) is 5.59. The van der Waals surface area contributed by atoms with Gasteiger partial charge in [-0.1, -0.05) is 26.0 Å². The molecule has 5 rings (SSSR count). The zero-order valence-electron chi connectivity index (χ0n) is 25.0. The highest BCUT2D eigenvalue weighted by atomic mass is 16.2. The molecule has 2 heterocycles. The van der Waals surface area contributed by atoms with Crippen LogP contribution in [0.3, 0.4) is 0 Å². The minimum atomic E-state index is -0.261. The van der Waals surface area contributed by atoms with Gasteiger partial charge in [0.2, 0.25) is 0 Å². The molecule has 222 valence electrons. The number of aryl methyl sites for hydroxylation is 2. The molecule has 0 saturated heterocycles. The number of carbonyl (C=O) groups excluding carboxylic acids is 2. The van der Waals surface area contributed by atoms with Gasteiger partial charge in [-0.3, -0.25) is 9.59 Å². The second kappa shape index (κ2) is 14.6. The van der Waals surface area contributed by atoms with E-state index in [-0.39, 0.29) is 11.8 Å². The fraction of sp³-hybridized carbons (Fsp3) is 0.167. The molecule has 8 nitrogen and oxygen atoms in total. The zero-order chi connectivity index (χ0) is 30.7. The maximum absolute atomic E-state index is 12.9. The number of hydrogen-bond acceptors (Lipinski definition) is 4. The summed E-state index contributed by atoms with van der Waals surface area (Å²) in [6.45, 7) is 6.06. The van der Waals surface area contributed by atoms with Crippen LogP contribution >= 0.6 is 0 Å². The SMILES string of the molecule is CCCn1ccccc1=Nc1ccc(NC(=O)c2ccc(C(=O)Nc3ccc(N=c4ccccn4CCC)cc3)cc2)cc1. The standard InChI is InChI=1S/C36H36N6O2/c1-3-23-41-25-7-5-9-33(41)37-29-15-19-31(20-16-29)39-35(43)27-11-13-28(14-12-27)36(44)40-32-21-17-30(18-22-32)38-34-10-6-8-26-42(34)24-4-2/h5-22,25-26H,3-4,23-24H2,1-2H3,(H,39,43)(H,40,44). The van der Waals surface area contributed by atoms with Gasteiger partial charge in [0.15, 0.2) is 0 Å². The number of rotatable bonds is 10. The average molecular weight is 585 g/mol. The van der Waals surface area contributed by atoms with Crippen molar-refractivity contribution in [3.63, 3.8) is 0 Å². The van der Waals surface area contributed by atoms with Crippen LogP contribution in [0, 0.1) is 0 Å². The summed E-state index contributed by atoms with van der Waals surface area (Å²) in [4.78, 5) is 35.2. The molecule has 0 bridgehead atoms. The molecule has 0 aliphatic rings. The van der Waals surface area contributed by atoms with Gasteiger partial charge < -0.3 is 19.8 Å². The van der Waals surface area contributed by atoms with Crippen molar-refractivity contribution >= 4 is 34.6 Å². The van der Waals surface area contributed by atoms with Crippen molar-refractivity contribution in [1.82, 2.24) is 9.13 Å². The second-order valence-electron chi connectivity index (χ2n) is 10.3. The topological polar surface area (TPSA) is 92.8 Å². The highest BCUT2D eigenvalue weighted by Gasteiger charge is 2.10. The van der Waals surface area contributed by atoms with Crippen molar-refractivity contribution < 1.29 is 9.59 Å². The van der Waals surface area contributed by atoms with Crippen LogP contribution in [0.2, 0.25) is 0 Å². The first kappa shape index (κ1) is 30.0. The van der Waals surface area contributed by atoms with Crippen molar-refractivity contribution in [2.24, 2.45) is 9.98 Å². The number of hydrogen-bond donors (Lipinski definition) is 2. The molecule has 3 aromatic carbocycles. The number of pyridine rings is 2. The predicted molar refractivity (Wildman–Crippen MR) is 175 cm³/mol. The van der Waals surface area contributed by atoms with E-state index in [1.165, 1.54) is 0 Å². The van der Waals surface area contributed by atoms with Crippen molar-refractivity contribution in [3.8, 4) is 0 Å². The normalized spacial score (nSPS) is 11.8. The smallest absolute Gasteiger partial charge is 0.255 e. The van der Waals surface area contributed by atoms with E-state index in [4.69, 9.17) is 9.98 Å². The quantitative estimate of drug-likeness (QED) is 0.184. The minimum Gasteiger partial charge on any atom is -0.333 e. The third kappa shape index (κ3) is 7.86. The third-order valence-corrected chi connectivity index (χ3v) is 6.91. The lowest BCUT2D eigenvalue weighted by atomic mass is 10.1. The number of nitrogens with zero attached hydrogens (tertiary/aromatic N) is 4. The Morgan fingerprint density at radius 3 is 1.30 bits per heavy atom. The van der Waals surface area contributed by atoms with Gasteiger partial charge in [0, 0.05) is 48.0 Å². The van der Waals surface area contributed by atoms with Gasteiger partial charge in [-0.2, -0.15) is 0 Å². The van der Waals surface area contributed by atoms with Crippen LogP contribution in [-0.2, 0) is 13.1 Å². The van der Waals surface area contributed by atoms with Crippen molar-refractivity contribution in [3.05, 3.63) is 144 Å². The van der Waals surface area contributed by atoms with Gasteiger partial charge in [-0.05, 0) is 110 Å². The van der Waals surface area contributed by atoms with E-state index >= 15 is 0 Å². The summed E-state index contributed by atoms with van der Waals surface area (Å²) < 4.78 is 4.22. The van der Waals surface area contributed by atoms with E-state index in [2.05, 4.69) is 33.6 Å². The van der Waals surface area contributed by atoms with Gasteiger partial charge in [0.1, 0.15) is 11.0 Å². The Hall–Kier alpha value is -5.50. The molecule has 2 amide bonds. The number of carbonyl (C=O) groups is 2. The molecule has 0 fully saturated rings. The highest BCUT2D eigenvalue weighted by Crippen LogP contribution is 2.19. The summed E-state index contributed by atoms with van der Waals surface area (Å²) in [7, 11) is 0. The predicted octanol–water partition coefficient (Wildman–Crippen LogP) is 7.08. The summed E-state index contributed by atoms with van der Waals surface area (Å²) in [5.74, 6) is -0.521. The van der Waals surface area contributed by atoms with Crippen LogP contribution in [0.25, 0.3) is 0 Å². The Labute approximate surface area is 257 Å². The first-order valence-corrected chi connectivity index (χ1v) is 14.9. The van der Waals surface area contributed by atoms with E-state index < -0.39 is 0 Å². The first-order valence-electron chi connectivity index (χ1n) is 14.9. The van der Waals surface area contributed by atoms with Crippen molar-refractivity contribution in [2.45, 2.75) is 39.8 Å². The zero-order valence-corrected chi connectivity index (χ0v) is 25.0. The number of anilines is 2. The monoisotopic (exact) mass is 584 g/mol. The van der Waals surface area contributed by atoms with Gasteiger partial charge in [-0.25, -0.2) is 9.98 Å². The molecule has 8 heteroatoms. The lowest BCUT2D eigenvalue weighted by Crippen LogP contribution is -2.19. The lowest BCUT2D eigenvalue weighted by Gasteiger charge is -2.08. The molecule has 5 aromatic rings. The molecule has 0 aliphatic heterocycles. The lowest BCUT2D eigenvalue weighted by molar-refractivity contribution is 0.101. The maximum Gasteiger partial charge on any atom is 0.255 e. The molecular formula is C36H36N6O2. The molecule has 2 N–H and O–H groups in total. The number of amides is 2. The number of aromatic nitrogens is 2. The van der Waals surface area contributed by atoms with Crippen LogP contribution in [0.15, 0.2) is 132 Å². The van der Waals surface area contributed by atoms with Crippen molar-refractivity contribution in [1.29, 1.82) is 0 Å². The number of nitrogens with one attached hydrogen (secondary N) is 2. The molecular weight excluding hydrogens is 548 g/mol. The molecule has 44 heavy (non-hydrogen) atoms. The summed E-state index contributed by atoms with van der Waals surface area (Å²) >= 11 is 0. The fourth-order valence-electron chi connectivity index (χ4n) is 4.68. The Morgan fingerprint density at radius 2 is 0.932 bits per heavy atom. The van der Waals surface area contributed by atoms with Crippen LogP contribution in [0.5, 0.6) is 0 Å². The Kier molecular flexibility index (Phi) is 9.94. The van der Waals surface area contributed by atoms with E-state index in [1.54, 1.807) is 24.3 Å². The van der Waals surface area contributed by atoms with E-state index in [1.807, 2.05) is 97.3 Å². The van der Waals surface area contributed by atoms with Gasteiger partial charge in [0.25, 0.3) is 11.8 Å². The van der Waals surface area contributed by atoms with Gasteiger partial charge >= 0.3 is 0 Å². The summed E-state index contributed by atoms with van der Waals surface area (Å²) in [5, 5.41) is 5.81. The van der Waals surface area contributed by atoms with Crippen LogP contribution in [-0.4, -0.2) is 20.9 Å². The molecule has 0 unspecified atom stereocenters. The van der Waals surface area contributed by atoms with Crippen LogP contribution in [0.1, 0.15) is 47.4 Å². The van der Waals surface area contributed by atoms with E-state index in [9.17, 15) is 9.59 Å². The molecule has 0 atom stereocenters. The Balaban J connectivity index is 1.19. The second-order valence-corrected chi connectivity index (χ2v) is 10.3. The third-order valence-electron chi connectivity index (χ3n) is 6.91. The molecule has 0 saturated carbocycles.